The van der Waals surface area contributed by atoms with E-state index in [1.165, 1.54) is 29.2 Å². The number of nitrogens with zero attached hydrogens (tertiary/aromatic N) is 2. The van der Waals surface area contributed by atoms with E-state index in [2.05, 4.69) is 5.32 Å². The van der Waals surface area contributed by atoms with Crippen LogP contribution in [0.5, 0.6) is 0 Å². The van der Waals surface area contributed by atoms with Gasteiger partial charge in [-0.25, -0.2) is 4.39 Å². The van der Waals surface area contributed by atoms with E-state index in [1.54, 1.807) is 11.0 Å². The summed E-state index contributed by atoms with van der Waals surface area (Å²) in [5, 5.41) is 3.68. The van der Waals surface area contributed by atoms with Gasteiger partial charge in [-0.05, 0) is 73.6 Å². The molecule has 3 aromatic carbocycles. The molecule has 0 saturated carbocycles. The average molecular weight is 496 g/mol. The Morgan fingerprint density at radius 1 is 1.09 bits per heavy atom. The molecule has 1 aliphatic heterocycles. The van der Waals surface area contributed by atoms with Gasteiger partial charge in [0.05, 0.1) is 12.1 Å². The van der Waals surface area contributed by atoms with E-state index >= 15 is 0 Å². The molecule has 1 N–H and O–H groups in total. The highest BCUT2D eigenvalue weighted by molar-refractivity contribution is 7.80. The van der Waals surface area contributed by atoms with Crippen molar-refractivity contribution in [1.29, 1.82) is 0 Å². The fraction of sp³-hybridized carbons (Fsp3) is 0.192. The summed E-state index contributed by atoms with van der Waals surface area (Å²) < 4.78 is 13.5. The van der Waals surface area contributed by atoms with Crippen molar-refractivity contribution in [2.45, 2.75) is 32.9 Å². The van der Waals surface area contributed by atoms with Crippen molar-refractivity contribution < 1.29 is 14.0 Å². The highest BCUT2D eigenvalue weighted by Gasteiger charge is 2.44. The maximum absolute atomic E-state index is 13.5. The zero-order chi connectivity index (χ0) is 24.4. The molecule has 0 bridgehead atoms. The molecule has 5 nitrogen and oxygen atoms in total. The molecular formula is C26H23ClFN3O2S. The summed E-state index contributed by atoms with van der Waals surface area (Å²) >= 11 is 12.0. The van der Waals surface area contributed by atoms with Crippen LogP contribution in [0.3, 0.4) is 0 Å². The number of thiocarbonyl (C=S) groups is 1. The van der Waals surface area contributed by atoms with Gasteiger partial charge in [0.15, 0.2) is 5.11 Å². The van der Waals surface area contributed by atoms with Crippen molar-refractivity contribution in [1.82, 2.24) is 4.90 Å². The summed E-state index contributed by atoms with van der Waals surface area (Å²) in [6.45, 7) is 4.15. The Morgan fingerprint density at radius 3 is 2.47 bits per heavy atom. The first-order valence-electron chi connectivity index (χ1n) is 10.7. The van der Waals surface area contributed by atoms with Crippen LogP contribution in [0.1, 0.15) is 23.1 Å². The Hall–Kier alpha value is -3.29. The van der Waals surface area contributed by atoms with Gasteiger partial charge < -0.3 is 10.2 Å². The number of amides is 2. The third-order valence-corrected chi connectivity index (χ3v) is 6.52. The van der Waals surface area contributed by atoms with Crippen molar-refractivity contribution in [2.75, 3.05) is 10.2 Å². The largest absolute Gasteiger partial charge is 0.332 e. The Labute approximate surface area is 208 Å². The third kappa shape index (κ3) is 4.95. The summed E-state index contributed by atoms with van der Waals surface area (Å²) in [4.78, 5) is 29.5. The molecule has 0 unspecified atom stereocenters. The number of hydrogen-bond acceptors (Lipinski definition) is 3. The molecule has 34 heavy (non-hydrogen) atoms. The maximum Gasteiger partial charge on any atom is 0.256 e. The molecule has 1 saturated heterocycles. The summed E-state index contributed by atoms with van der Waals surface area (Å²) in [6.07, 6.45) is -0.103. The van der Waals surface area contributed by atoms with Crippen molar-refractivity contribution in [3.8, 4) is 0 Å². The number of anilines is 2. The molecule has 0 aromatic heterocycles. The minimum absolute atomic E-state index is 0.103. The molecule has 0 radical (unpaired) electrons. The van der Waals surface area contributed by atoms with E-state index in [4.69, 9.17) is 23.8 Å². The number of benzene rings is 3. The Morgan fingerprint density at radius 2 is 1.79 bits per heavy atom. The minimum atomic E-state index is -0.834. The lowest BCUT2D eigenvalue weighted by Gasteiger charge is -2.24. The first-order valence-corrected chi connectivity index (χ1v) is 11.5. The van der Waals surface area contributed by atoms with Crippen LogP contribution in [-0.2, 0) is 16.1 Å². The van der Waals surface area contributed by atoms with E-state index in [1.807, 2.05) is 50.2 Å². The maximum atomic E-state index is 13.5. The summed E-state index contributed by atoms with van der Waals surface area (Å²) in [7, 11) is 0. The Kier molecular flexibility index (Phi) is 6.95. The molecular weight excluding hydrogens is 473 g/mol. The van der Waals surface area contributed by atoms with Crippen LogP contribution in [0.15, 0.2) is 66.7 Å². The number of rotatable bonds is 6. The number of aryl methyl sites for hydroxylation is 2. The van der Waals surface area contributed by atoms with E-state index < -0.39 is 11.9 Å². The quantitative estimate of drug-likeness (QED) is 0.450. The third-order valence-electron chi connectivity index (χ3n) is 5.74. The molecule has 3 aromatic rings. The van der Waals surface area contributed by atoms with Crippen LogP contribution in [-0.4, -0.2) is 27.9 Å². The number of carbonyl (C=O) groups excluding carboxylic acids is 2. The molecule has 1 heterocycles. The van der Waals surface area contributed by atoms with E-state index in [-0.39, 0.29) is 29.9 Å². The first-order chi connectivity index (χ1) is 16.2. The van der Waals surface area contributed by atoms with Crippen LogP contribution in [0.2, 0.25) is 5.02 Å². The van der Waals surface area contributed by atoms with Crippen molar-refractivity contribution in [3.63, 3.8) is 0 Å². The van der Waals surface area contributed by atoms with Crippen molar-refractivity contribution in [2.24, 2.45) is 0 Å². The van der Waals surface area contributed by atoms with E-state index in [0.717, 1.165) is 16.7 Å². The molecule has 174 valence electrons. The predicted molar refractivity (Wildman–Crippen MR) is 136 cm³/mol. The lowest BCUT2D eigenvalue weighted by atomic mass is 10.1. The standard InChI is InChI=1S/C26H23ClFN3O2S/c1-16-7-12-22(17(2)13-16)29-24(32)14-23-25(33)31(20-10-8-19(28)9-11-20)26(34)30(23)15-18-5-3-4-6-21(18)27/h3-13,23H,14-15H2,1-2H3,(H,29,32)/t23-/m0/s1. The number of nitrogens with one attached hydrogen (secondary N) is 1. The van der Waals surface area contributed by atoms with Crippen LogP contribution >= 0.6 is 23.8 Å². The van der Waals surface area contributed by atoms with E-state index in [9.17, 15) is 14.0 Å². The average Bonchev–Trinajstić information content (AvgIpc) is 3.02. The van der Waals surface area contributed by atoms with Crippen LogP contribution in [0.25, 0.3) is 0 Å². The second-order valence-electron chi connectivity index (χ2n) is 8.24. The van der Waals surface area contributed by atoms with Gasteiger partial charge in [-0.3, -0.25) is 14.5 Å². The van der Waals surface area contributed by atoms with Gasteiger partial charge in [-0.15, -0.1) is 0 Å². The fourth-order valence-electron chi connectivity index (χ4n) is 3.98. The van der Waals surface area contributed by atoms with Gasteiger partial charge in [0.2, 0.25) is 5.91 Å². The lowest BCUT2D eigenvalue weighted by Crippen LogP contribution is -2.37. The lowest BCUT2D eigenvalue weighted by molar-refractivity contribution is -0.124. The summed E-state index contributed by atoms with van der Waals surface area (Å²) in [5.41, 5.74) is 3.93. The second kappa shape index (κ2) is 9.91. The molecule has 0 spiro atoms. The zero-order valence-corrected chi connectivity index (χ0v) is 20.3. The number of halogens is 2. The second-order valence-corrected chi connectivity index (χ2v) is 9.01. The summed E-state index contributed by atoms with van der Waals surface area (Å²) in [5.74, 6) is -1.07. The molecule has 0 aliphatic carbocycles. The molecule has 1 aliphatic rings. The van der Waals surface area contributed by atoms with Gasteiger partial charge in [-0.1, -0.05) is 47.5 Å². The van der Waals surface area contributed by atoms with Gasteiger partial charge in [-0.2, -0.15) is 0 Å². The zero-order valence-electron chi connectivity index (χ0n) is 18.7. The minimum Gasteiger partial charge on any atom is -0.332 e. The van der Waals surface area contributed by atoms with Gasteiger partial charge in [0, 0.05) is 17.3 Å². The van der Waals surface area contributed by atoms with Crippen LogP contribution < -0.4 is 10.2 Å². The predicted octanol–water partition coefficient (Wildman–Crippen LogP) is 5.63. The molecule has 1 atom stereocenters. The SMILES string of the molecule is Cc1ccc(NC(=O)C[C@H]2C(=O)N(c3ccc(F)cc3)C(=S)N2Cc2ccccc2Cl)c(C)c1. The van der Waals surface area contributed by atoms with Crippen molar-refractivity contribution in [3.05, 3.63) is 94.3 Å². The number of carbonyl (C=O) groups is 2. The first kappa shape index (κ1) is 23.9. The normalized spacial score (nSPS) is 15.7. The van der Waals surface area contributed by atoms with Crippen molar-refractivity contribution >= 4 is 52.1 Å². The summed E-state index contributed by atoms with van der Waals surface area (Å²) in [6, 6.07) is 17.7. The Balaban J connectivity index is 1.62. The van der Waals surface area contributed by atoms with Gasteiger partial charge >= 0.3 is 0 Å². The topological polar surface area (TPSA) is 52.7 Å². The fourth-order valence-corrected chi connectivity index (χ4v) is 4.57. The molecule has 2 amide bonds. The highest BCUT2D eigenvalue weighted by Crippen LogP contribution is 2.30. The monoisotopic (exact) mass is 495 g/mol. The molecule has 8 heteroatoms. The molecule has 1 fully saturated rings. The Bertz CT molecular complexity index is 1270. The van der Waals surface area contributed by atoms with Gasteiger partial charge in [0.25, 0.3) is 5.91 Å². The van der Waals surface area contributed by atoms with Gasteiger partial charge in [0.1, 0.15) is 11.9 Å². The van der Waals surface area contributed by atoms with Crippen LogP contribution in [0.4, 0.5) is 15.8 Å². The highest BCUT2D eigenvalue weighted by atomic mass is 35.5. The smallest absolute Gasteiger partial charge is 0.256 e. The van der Waals surface area contributed by atoms with Crippen LogP contribution in [0, 0.1) is 19.7 Å². The molecule has 4 rings (SSSR count). The van der Waals surface area contributed by atoms with E-state index in [0.29, 0.717) is 16.4 Å². The number of hydrogen-bond donors (Lipinski definition) is 1.